The van der Waals surface area contributed by atoms with Crippen LogP contribution in [0.15, 0.2) is 24.3 Å². The van der Waals surface area contributed by atoms with Crippen molar-refractivity contribution in [3.8, 4) is 0 Å². The van der Waals surface area contributed by atoms with Gasteiger partial charge in [0.05, 0.1) is 4.92 Å². The van der Waals surface area contributed by atoms with Crippen LogP contribution in [0.3, 0.4) is 0 Å². The number of nitrogens with one attached hydrogen (secondary N) is 2. The number of nitro benzene ring substituents is 1. The number of carbonyl (C=O) groups is 2. The molecule has 2 rings (SSSR count). The molecule has 4 N–H and O–H groups in total. The average molecular weight is 377 g/mol. The van der Waals surface area contributed by atoms with E-state index >= 15 is 0 Å². The Morgan fingerprint density at radius 2 is 2.04 bits per heavy atom. The largest absolute Gasteiger partial charge is 0.379 e. The lowest BCUT2D eigenvalue weighted by molar-refractivity contribution is -0.384. The first-order valence-corrected chi connectivity index (χ1v) is 9.26. The number of nitro groups is 1. The third-order valence-electron chi connectivity index (χ3n) is 4.61. The van der Waals surface area contributed by atoms with E-state index in [1.54, 1.807) is 18.2 Å². The van der Waals surface area contributed by atoms with Gasteiger partial charge in [0.2, 0.25) is 11.8 Å². The first-order valence-electron chi connectivity index (χ1n) is 9.26. The molecule has 1 aliphatic heterocycles. The van der Waals surface area contributed by atoms with Gasteiger partial charge in [-0.2, -0.15) is 0 Å². The molecule has 2 amide bonds. The molecule has 1 aromatic carbocycles. The topological polar surface area (TPSA) is 131 Å². The van der Waals surface area contributed by atoms with E-state index in [0.29, 0.717) is 31.9 Å². The van der Waals surface area contributed by atoms with E-state index < -0.39 is 4.92 Å². The summed E-state index contributed by atoms with van der Waals surface area (Å²) < 4.78 is 0. The highest BCUT2D eigenvalue weighted by Crippen LogP contribution is 2.23. The lowest BCUT2D eigenvalue weighted by Gasteiger charge is -2.36. The number of carbonyl (C=O) groups excluding carboxylic acids is 2. The minimum absolute atomic E-state index is 0.0107. The van der Waals surface area contributed by atoms with E-state index in [9.17, 15) is 19.7 Å². The number of likely N-dealkylation sites (tertiary alicyclic amines) is 1. The monoisotopic (exact) mass is 377 g/mol. The number of amides is 2. The number of para-hydroxylation sites is 2. The molecule has 1 saturated heterocycles. The highest BCUT2D eigenvalue weighted by molar-refractivity contribution is 5.78. The van der Waals surface area contributed by atoms with Crippen molar-refractivity contribution in [1.29, 1.82) is 0 Å². The van der Waals surface area contributed by atoms with Crippen LogP contribution in [0.25, 0.3) is 0 Å². The summed E-state index contributed by atoms with van der Waals surface area (Å²) in [4.78, 5) is 36.6. The van der Waals surface area contributed by atoms with Crippen molar-refractivity contribution in [3.05, 3.63) is 34.4 Å². The second-order valence-corrected chi connectivity index (χ2v) is 6.53. The number of nitrogens with two attached hydrogens (primary N) is 1. The van der Waals surface area contributed by atoms with E-state index in [1.807, 2.05) is 4.90 Å². The Morgan fingerprint density at radius 3 is 2.78 bits per heavy atom. The Morgan fingerprint density at radius 1 is 1.26 bits per heavy atom. The van der Waals surface area contributed by atoms with Crippen LogP contribution in [0.4, 0.5) is 11.4 Å². The van der Waals surface area contributed by atoms with Gasteiger partial charge in [-0.05, 0) is 25.3 Å². The summed E-state index contributed by atoms with van der Waals surface area (Å²) in [7, 11) is 0. The second kappa shape index (κ2) is 10.5. The summed E-state index contributed by atoms with van der Waals surface area (Å²) in [6.07, 6.45) is 3.33. The summed E-state index contributed by atoms with van der Waals surface area (Å²) in [5, 5.41) is 16.8. The summed E-state index contributed by atoms with van der Waals surface area (Å²) in [6.45, 7) is 1.72. The second-order valence-electron chi connectivity index (χ2n) is 6.53. The van der Waals surface area contributed by atoms with Crippen molar-refractivity contribution >= 4 is 23.2 Å². The Bertz CT molecular complexity index is 667. The fourth-order valence-corrected chi connectivity index (χ4v) is 3.22. The van der Waals surface area contributed by atoms with E-state index in [0.717, 1.165) is 19.3 Å². The smallest absolute Gasteiger partial charge is 0.292 e. The van der Waals surface area contributed by atoms with E-state index in [2.05, 4.69) is 10.6 Å². The molecule has 0 saturated carbocycles. The fourth-order valence-electron chi connectivity index (χ4n) is 3.22. The molecule has 0 radical (unpaired) electrons. The minimum Gasteiger partial charge on any atom is -0.379 e. The molecule has 148 valence electrons. The van der Waals surface area contributed by atoms with Crippen LogP contribution in [0.5, 0.6) is 0 Å². The van der Waals surface area contributed by atoms with E-state index in [1.165, 1.54) is 6.07 Å². The molecular formula is C18H27N5O4. The molecular weight excluding hydrogens is 350 g/mol. The Labute approximate surface area is 158 Å². The van der Waals surface area contributed by atoms with Crippen LogP contribution in [-0.2, 0) is 9.59 Å². The number of nitrogens with zero attached hydrogens (tertiary/aromatic N) is 2. The molecule has 1 unspecified atom stereocenters. The fraction of sp³-hybridized carbons (Fsp3) is 0.556. The SMILES string of the molecule is NCCC(=O)NCC1CCCCN1C(=O)CCNc1ccccc1[N+](=O)[O-]. The third kappa shape index (κ3) is 6.21. The Kier molecular flexibility index (Phi) is 8.00. The number of anilines is 1. The number of rotatable bonds is 9. The standard InChI is InChI=1S/C18H27N5O4/c19-10-8-17(24)21-13-14-5-3-4-12-22(14)18(25)9-11-20-15-6-1-2-7-16(15)23(26)27/h1-2,6-7,14,20H,3-5,8-13,19H2,(H,21,24). The summed E-state index contributed by atoms with van der Waals surface area (Å²) in [6, 6.07) is 6.35. The van der Waals surface area contributed by atoms with Gasteiger partial charge in [-0.3, -0.25) is 19.7 Å². The van der Waals surface area contributed by atoms with Gasteiger partial charge >= 0.3 is 0 Å². The molecule has 0 bridgehead atoms. The number of piperidine rings is 1. The zero-order valence-corrected chi connectivity index (χ0v) is 15.4. The van der Waals surface area contributed by atoms with Crippen molar-refractivity contribution in [2.75, 3.05) is 31.5 Å². The molecule has 1 fully saturated rings. The molecule has 9 nitrogen and oxygen atoms in total. The van der Waals surface area contributed by atoms with Gasteiger partial charge in [-0.15, -0.1) is 0 Å². The molecule has 1 atom stereocenters. The maximum absolute atomic E-state index is 12.6. The van der Waals surface area contributed by atoms with Gasteiger partial charge < -0.3 is 21.3 Å². The zero-order chi connectivity index (χ0) is 19.6. The number of hydrogen-bond acceptors (Lipinski definition) is 6. The summed E-state index contributed by atoms with van der Waals surface area (Å²) in [5.41, 5.74) is 5.76. The molecule has 1 aliphatic rings. The molecule has 9 heteroatoms. The van der Waals surface area contributed by atoms with Crippen molar-refractivity contribution in [2.24, 2.45) is 5.73 Å². The predicted octanol–water partition coefficient (Wildman–Crippen LogP) is 1.24. The maximum Gasteiger partial charge on any atom is 0.292 e. The van der Waals surface area contributed by atoms with E-state index in [-0.39, 0.29) is 36.4 Å². The number of hydrogen-bond donors (Lipinski definition) is 3. The Balaban J connectivity index is 1.86. The Hall–Kier alpha value is -2.68. The number of benzene rings is 1. The van der Waals surface area contributed by atoms with Crippen LogP contribution >= 0.6 is 0 Å². The lowest BCUT2D eigenvalue weighted by Crippen LogP contribution is -2.49. The molecule has 0 aromatic heterocycles. The van der Waals surface area contributed by atoms with Gasteiger partial charge in [0.15, 0.2) is 0 Å². The molecule has 0 aliphatic carbocycles. The zero-order valence-electron chi connectivity index (χ0n) is 15.4. The highest BCUT2D eigenvalue weighted by Gasteiger charge is 2.26. The van der Waals surface area contributed by atoms with Crippen LogP contribution in [-0.4, -0.2) is 53.9 Å². The first kappa shape index (κ1) is 20.6. The molecule has 1 aromatic rings. The van der Waals surface area contributed by atoms with Gasteiger partial charge in [0.25, 0.3) is 5.69 Å². The van der Waals surface area contributed by atoms with Crippen molar-refractivity contribution < 1.29 is 14.5 Å². The average Bonchev–Trinajstić information content (AvgIpc) is 2.67. The third-order valence-corrected chi connectivity index (χ3v) is 4.61. The van der Waals surface area contributed by atoms with Crippen LogP contribution in [0.1, 0.15) is 32.1 Å². The van der Waals surface area contributed by atoms with Crippen molar-refractivity contribution in [3.63, 3.8) is 0 Å². The van der Waals surface area contributed by atoms with Gasteiger partial charge in [0, 0.05) is 51.1 Å². The van der Waals surface area contributed by atoms with Gasteiger partial charge in [-0.1, -0.05) is 12.1 Å². The lowest BCUT2D eigenvalue weighted by atomic mass is 10.0. The minimum atomic E-state index is -0.450. The molecule has 1 heterocycles. The van der Waals surface area contributed by atoms with Crippen molar-refractivity contribution in [2.45, 2.75) is 38.1 Å². The van der Waals surface area contributed by atoms with Crippen LogP contribution < -0.4 is 16.4 Å². The summed E-state index contributed by atoms with van der Waals surface area (Å²) in [5.74, 6) is -0.118. The van der Waals surface area contributed by atoms with Gasteiger partial charge in [0.1, 0.15) is 5.69 Å². The van der Waals surface area contributed by atoms with Crippen LogP contribution in [0, 0.1) is 10.1 Å². The quantitative estimate of drug-likeness (QED) is 0.438. The summed E-state index contributed by atoms with van der Waals surface area (Å²) >= 11 is 0. The normalized spacial score (nSPS) is 16.6. The molecule has 0 spiro atoms. The maximum atomic E-state index is 12.6. The predicted molar refractivity (Wildman–Crippen MR) is 102 cm³/mol. The van der Waals surface area contributed by atoms with E-state index in [4.69, 9.17) is 5.73 Å². The van der Waals surface area contributed by atoms with Crippen molar-refractivity contribution in [1.82, 2.24) is 10.2 Å². The first-order chi connectivity index (χ1) is 13.0. The highest BCUT2D eigenvalue weighted by atomic mass is 16.6. The van der Waals surface area contributed by atoms with Gasteiger partial charge in [-0.25, -0.2) is 0 Å². The van der Waals surface area contributed by atoms with Crippen LogP contribution in [0.2, 0.25) is 0 Å². The molecule has 27 heavy (non-hydrogen) atoms.